The molecule has 0 aromatic rings. The van der Waals surface area contributed by atoms with Gasteiger partial charge < -0.3 is 20.4 Å². The summed E-state index contributed by atoms with van der Waals surface area (Å²) in [6.07, 6.45) is 2.25. The van der Waals surface area contributed by atoms with Crippen LogP contribution in [0.3, 0.4) is 0 Å². The lowest BCUT2D eigenvalue weighted by atomic mass is 10.1. The monoisotopic (exact) mass is 188 g/mol. The normalized spacial score (nSPS) is 20.8. The molecule has 4 nitrogen and oxygen atoms in total. The zero-order valence-corrected chi connectivity index (χ0v) is 8.08. The number of nitrogens with one attached hydrogen (secondary N) is 1. The minimum atomic E-state index is 0.219. The molecule has 0 amide bonds. The van der Waals surface area contributed by atoms with Crippen LogP contribution in [0.4, 0.5) is 0 Å². The molecule has 0 aromatic carbocycles. The van der Waals surface area contributed by atoms with E-state index < -0.39 is 0 Å². The van der Waals surface area contributed by atoms with E-state index in [0.717, 1.165) is 32.5 Å². The fraction of sp³-hybridized carbons (Fsp3) is 1.00. The maximum Gasteiger partial charge on any atom is 0.0558 e. The summed E-state index contributed by atoms with van der Waals surface area (Å²) in [5.41, 5.74) is 0. The van der Waals surface area contributed by atoms with Crippen LogP contribution in [0.2, 0.25) is 0 Å². The number of nitrogens with zero attached hydrogens (tertiary/aromatic N) is 1. The molecule has 0 aromatic heterocycles. The molecule has 78 valence electrons. The van der Waals surface area contributed by atoms with Gasteiger partial charge in [-0.1, -0.05) is 0 Å². The van der Waals surface area contributed by atoms with Crippen molar-refractivity contribution in [2.24, 2.45) is 0 Å². The molecule has 1 saturated heterocycles. The summed E-state index contributed by atoms with van der Waals surface area (Å²) < 4.78 is 0. The van der Waals surface area contributed by atoms with Gasteiger partial charge in [0.05, 0.1) is 13.2 Å². The van der Waals surface area contributed by atoms with Gasteiger partial charge in [0.1, 0.15) is 0 Å². The van der Waals surface area contributed by atoms with Crippen LogP contribution in [0.25, 0.3) is 0 Å². The lowest BCUT2D eigenvalue weighted by Crippen LogP contribution is -2.44. The third-order valence-corrected chi connectivity index (χ3v) is 2.55. The second kappa shape index (κ2) is 6.32. The van der Waals surface area contributed by atoms with Gasteiger partial charge in [-0.2, -0.15) is 0 Å². The predicted octanol–water partition coefficient (Wildman–Crippen LogP) is -0.975. The smallest absolute Gasteiger partial charge is 0.0558 e. The first-order valence-corrected chi connectivity index (χ1v) is 5.04. The van der Waals surface area contributed by atoms with Crippen molar-refractivity contribution in [2.45, 2.75) is 18.9 Å². The van der Waals surface area contributed by atoms with Crippen molar-refractivity contribution in [1.82, 2.24) is 10.2 Å². The number of rotatable bonds is 5. The molecule has 0 bridgehead atoms. The summed E-state index contributed by atoms with van der Waals surface area (Å²) in [4.78, 5) is 2.27. The average Bonchev–Trinajstić information content (AvgIpc) is 2.17. The molecule has 0 radical (unpaired) electrons. The number of piperidine rings is 1. The number of β-amino-alcohol motifs (C(OH)–C–C–N with tert-alkyl or cyclic N) is 1. The minimum Gasteiger partial charge on any atom is -0.395 e. The second-order valence-corrected chi connectivity index (χ2v) is 3.52. The van der Waals surface area contributed by atoms with E-state index in [9.17, 15) is 0 Å². The molecule has 0 atom stereocenters. The summed E-state index contributed by atoms with van der Waals surface area (Å²) >= 11 is 0. The number of hydrogen-bond acceptors (Lipinski definition) is 4. The van der Waals surface area contributed by atoms with E-state index >= 15 is 0 Å². The Labute approximate surface area is 79.6 Å². The Balaban J connectivity index is 2.08. The molecule has 3 N–H and O–H groups in total. The lowest BCUT2D eigenvalue weighted by molar-refractivity contribution is 0.154. The summed E-state index contributed by atoms with van der Waals surface area (Å²) in [6.45, 7) is 4.09. The number of hydrogen-bond donors (Lipinski definition) is 3. The molecule has 1 aliphatic heterocycles. The van der Waals surface area contributed by atoms with Crippen LogP contribution >= 0.6 is 0 Å². The van der Waals surface area contributed by atoms with Crippen molar-refractivity contribution >= 4 is 0 Å². The van der Waals surface area contributed by atoms with Crippen molar-refractivity contribution < 1.29 is 10.2 Å². The zero-order valence-electron chi connectivity index (χ0n) is 8.08. The van der Waals surface area contributed by atoms with Crippen LogP contribution < -0.4 is 5.32 Å². The highest BCUT2D eigenvalue weighted by molar-refractivity contribution is 4.76. The maximum atomic E-state index is 8.74. The highest BCUT2D eigenvalue weighted by atomic mass is 16.3. The van der Waals surface area contributed by atoms with Gasteiger partial charge in [-0.3, -0.25) is 0 Å². The van der Waals surface area contributed by atoms with Gasteiger partial charge in [-0.15, -0.1) is 0 Å². The quantitative estimate of drug-likeness (QED) is 0.519. The lowest BCUT2D eigenvalue weighted by Gasteiger charge is -2.31. The Kier molecular flexibility index (Phi) is 5.31. The molecule has 1 heterocycles. The first kappa shape index (κ1) is 10.9. The molecule has 0 unspecified atom stereocenters. The molecule has 4 heteroatoms. The fourth-order valence-electron chi connectivity index (χ4n) is 1.77. The average molecular weight is 188 g/mol. The van der Waals surface area contributed by atoms with Gasteiger partial charge in [-0.25, -0.2) is 0 Å². The predicted molar refractivity (Wildman–Crippen MR) is 51.6 cm³/mol. The van der Waals surface area contributed by atoms with E-state index in [-0.39, 0.29) is 13.2 Å². The molecule has 1 rings (SSSR count). The molecule has 0 saturated carbocycles. The van der Waals surface area contributed by atoms with E-state index in [4.69, 9.17) is 10.2 Å². The van der Waals surface area contributed by atoms with Gasteiger partial charge in [-0.05, 0) is 25.9 Å². The minimum absolute atomic E-state index is 0.219. The third-order valence-electron chi connectivity index (χ3n) is 2.55. The Bertz CT molecular complexity index is 125. The van der Waals surface area contributed by atoms with Gasteiger partial charge in [0.15, 0.2) is 0 Å². The summed E-state index contributed by atoms with van der Waals surface area (Å²) in [5, 5.41) is 20.7. The molecule has 0 aliphatic carbocycles. The Morgan fingerprint density at radius 1 is 1.15 bits per heavy atom. The van der Waals surface area contributed by atoms with Gasteiger partial charge in [0.25, 0.3) is 0 Å². The van der Waals surface area contributed by atoms with Crippen molar-refractivity contribution in [3.05, 3.63) is 0 Å². The Morgan fingerprint density at radius 3 is 2.38 bits per heavy atom. The van der Waals surface area contributed by atoms with Crippen LogP contribution in [0.5, 0.6) is 0 Å². The molecule has 13 heavy (non-hydrogen) atoms. The zero-order chi connectivity index (χ0) is 9.52. The Hall–Kier alpha value is -0.160. The molecule has 1 fully saturated rings. The summed E-state index contributed by atoms with van der Waals surface area (Å²) in [7, 11) is 0. The fourth-order valence-corrected chi connectivity index (χ4v) is 1.77. The highest BCUT2D eigenvalue weighted by Gasteiger charge is 2.17. The highest BCUT2D eigenvalue weighted by Crippen LogP contribution is 2.08. The topological polar surface area (TPSA) is 55.7 Å². The summed E-state index contributed by atoms with van der Waals surface area (Å²) in [5.74, 6) is 0. The number of aliphatic hydroxyl groups is 2. The van der Waals surface area contributed by atoms with Gasteiger partial charge in [0, 0.05) is 19.1 Å². The first-order valence-electron chi connectivity index (χ1n) is 5.04. The van der Waals surface area contributed by atoms with E-state index in [1.165, 1.54) is 0 Å². The van der Waals surface area contributed by atoms with Crippen molar-refractivity contribution in [3.63, 3.8) is 0 Å². The van der Waals surface area contributed by atoms with Crippen LogP contribution in [0, 0.1) is 0 Å². The van der Waals surface area contributed by atoms with Crippen LogP contribution in [0.15, 0.2) is 0 Å². The standard InChI is InChI=1S/C9H20N2O2/c12-7-3-10-9-1-4-11(5-2-9)6-8-13/h9-10,12-13H,1-8H2. The van der Waals surface area contributed by atoms with Crippen LogP contribution in [-0.4, -0.2) is 60.5 Å². The third kappa shape index (κ3) is 4.04. The van der Waals surface area contributed by atoms with Crippen molar-refractivity contribution in [1.29, 1.82) is 0 Å². The maximum absolute atomic E-state index is 8.74. The van der Waals surface area contributed by atoms with Gasteiger partial charge in [0.2, 0.25) is 0 Å². The molecular weight excluding hydrogens is 168 g/mol. The Morgan fingerprint density at radius 2 is 1.85 bits per heavy atom. The van der Waals surface area contributed by atoms with Crippen molar-refractivity contribution in [3.8, 4) is 0 Å². The van der Waals surface area contributed by atoms with E-state index in [1.807, 2.05) is 0 Å². The van der Waals surface area contributed by atoms with Crippen molar-refractivity contribution in [2.75, 3.05) is 39.4 Å². The second-order valence-electron chi connectivity index (χ2n) is 3.52. The molecule has 0 spiro atoms. The van der Waals surface area contributed by atoms with Crippen LogP contribution in [-0.2, 0) is 0 Å². The number of aliphatic hydroxyl groups excluding tert-OH is 2. The number of likely N-dealkylation sites (tertiary alicyclic amines) is 1. The molecule has 1 aliphatic rings. The van der Waals surface area contributed by atoms with E-state index in [0.29, 0.717) is 12.6 Å². The van der Waals surface area contributed by atoms with E-state index in [2.05, 4.69) is 10.2 Å². The van der Waals surface area contributed by atoms with Crippen LogP contribution in [0.1, 0.15) is 12.8 Å². The van der Waals surface area contributed by atoms with Gasteiger partial charge >= 0.3 is 0 Å². The first-order chi connectivity index (χ1) is 6.36. The van der Waals surface area contributed by atoms with E-state index in [1.54, 1.807) is 0 Å². The molecular formula is C9H20N2O2. The largest absolute Gasteiger partial charge is 0.395 e. The SMILES string of the molecule is OCCNC1CCN(CCO)CC1. The summed E-state index contributed by atoms with van der Waals surface area (Å²) in [6, 6.07) is 0.557.